The van der Waals surface area contributed by atoms with Gasteiger partial charge in [-0.05, 0) is 30.7 Å². The van der Waals surface area contributed by atoms with Crippen LogP contribution in [0.25, 0.3) is 0 Å². The Hall–Kier alpha value is -1.99. The van der Waals surface area contributed by atoms with E-state index in [1.54, 1.807) is 18.2 Å². The van der Waals surface area contributed by atoms with Crippen LogP contribution in [0, 0.1) is 6.92 Å². The van der Waals surface area contributed by atoms with E-state index in [9.17, 15) is 13.2 Å². The summed E-state index contributed by atoms with van der Waals surface area (Å²) in [6.45, 7) is 1.83. The van der Waals surface area contributed by atoms with E-state index in [0.717, 1.165) is 17.8 Å². The molecule has 0 unspecified atom stereocenters. The van der Waals surface area contributed by atoms with Crippen LogP contribution >= 0.6 is 11.6 Å². The van der Waals surface area contributed by atoms with E-state index in [0.29, 0.717) is 0 Å². The number of carboxylic acid groups (broad SMARTS) is 1. The maximum Gasteiger partial charge on any atom is 0.352 e. The van der Waals surface area contributed by atoms with Crippen molar-refractivity contribution in [3.05, 3.63) is 46.7 Å². The number of aromatic amines is 1. The summed E-state index contributed by atoms with van der Waals surface area (Å²) in [5.74, 6) is -1.24. The molecule has 0 aliphatic carbocycles. The molecule has 0 aliphatic heterocycles. The van der Waals surface area contributed by atoms with E-state index in [2.05, 4.69) is 9.71 Å². The topological polar surface area (TPSA) is 99.3 Å². The molecular formula is C12H11ClN2O4S. The zero-order valence-electron chi connectivity index (χ0n) is 10.3. The normalized spacial score (nSPS) is 11.3. The van der Waals surface area contributed by atoms with Gasteiger partial charge in [-0.25, -0.2) is 13.2 Å². The number of nitrogens with one attached hydrogen (secondary N) is 2. The van der Waals surface area contributed by atoms with E-state index < -0.39 is 16.0 Å². The van der Waals surface area contributed by atoms with E-state index in [1.807, 2.05) is 6.92 Å². The number of H-pyrrole nitrogens is 1. The van der Waals surface area contributed by atoms with Crippen molar-refractivity contribution in [2.45, 2.75) is 11.8 Å². The summed E-state index contributed by atoms with van der Waals surface area (Å²) in [6.07, 6.45) is 1.11. The molecule has 2 rings (SSSR count). The first kappa shape index (κ1) is 14.4. The third-order valence-electron chi connectivity index (χ3n) is 2.57. The molecule has 0 aliphatic rings. The summed E-state index contributed by atoms with van der Waals surface area (Å²) in [4.78, 5) is 12.9. The summed E-state index contributed by atoms with van der Waals surface area (Å²) < 4.78 is 26.5. The third kappa shape index (κ3) is 2.94. The molecule has 0 saturated heterocycles. The highest BCUT2D eigenvalue weighted by molar-refractivity contribution is 7.92. The number of hydrogen-bond acceptors (Lipinski definition) is 3. The first-order valence-corrected chi connectivity index (χ1v) is 7.36. The maximum atomic E-state index is 12.1. The minimum absolute atomic E-state index is 0.174. The number of sulfonamides is 1. The number of carbonyl (C=O) groups is 1. The number of aromatic nitrogens is 1. The summed E-state index contributed by atoms with van der Waals surface area (Å²) in [5.41, 5.74) is 0.920. The number of halogens is 1. The minimum atomic E-state index is -3.89. The van der Waals surface area contributed by atoms with Crippen LogP contribution in [-0.2, 0) is 10.0 Å². The number of aryl methyl sites for hydroxylation is 1. The van der Waals surface area contributed by atoms with Crippen molar-refractivity contribution < 1.29 is 18.3 Å². The van der Waals surface area contributed by atoms with Gasteiger partial charge >= 0.3 is 5.97 Å². The molecule has 1 heterocycles. The number of rotatable bonds is 4. The molecule has 3 N–H and O–H groups in total. The molecule has 20 heavy (non-hydrogen) atoms. The number of anilines is 1. The van der Waals surface area contributed by atoms with Crippen LogP contribution in [0.5, 0.6) is 0 Å². The lowest BCUT2D eigenvalue weighted by atomic mass is 10.2. The Morgan fingerprint density at radius 1 is 1.35 bits per heavy atom. The van der Waals surface area contributed by atoms with Crippen molar-refractivity contribution in [1.82, 2.24) is 4.98 Å². The van der Waals surface area contributed by atoms with Gasteiger partial charge in [0.25, 0.3) is 10.0 Å². The van der Waals surface area contributed by atoms with Gasteiger partial charge in [-0.2, -0.15) is 0 Å². The number of hydrogen-bond donors (Lipinski definition) is 3. The molecular weight excluding hydrogens is 304 g/mol. The Balaban J connectivity index is 2.33. The lowest BCUT2D eigenvalue weighted by molar-refractivity contribution is 0.0691. The molecule has 106 valence electrons. The third-order valence-corrected chi connectivity index (χ3v) is 4.22. The first-order chi connectivity index (χ1) is 9.29. The van der Waals surface area contributed by atoms with Crippen LogP contribution in [-0.4, -0.2) is 24.5 Å². The van der Waals surface area contributed by atoms with Crippen molar-refractivity contribution in [2.75, 3.05) is 4.72 Å². The molecule has 0 amide bonds. The largest absolute Gasteiger partial charge is 0.477 e. The predicted octanol–water partition coefficient (Wildman–Crippen LogP) is 2.48. The van der Waals surface area contributed by atoms with Crippen molar-refractivity contribution in [3.8, 4) is 0 Å². The lowest BCUT2D eigenvalue weighted by Crippen LogP contribution is -2.12. The van der Waals surface area contributed by atoms with Gasteiger partial charge in [-0.15, -0.1) is 0 Å². The fourth-order valence-corrected chi connectivity index (χ4v) is 2.97. The quantitative estimate of drug-likeness (QED) is 0.807. The van der Waals surface area contributed by atoms with Gasteiger partial charge in [-0.1, -0.05) is 17.7 Å². The van der Waals surface area contributed by atoms with Crippen molar-refractivity contribution in [1.29, 1.82) is 0 Å². The van der Waals surface area contributed by atoms with Gasteiger partial charge in [0.05, 0.1) is 10.7 Å². The van der Waals surface area contributed by atoms with Crippen LogP contribution in [0.3, 0.4) is 0 Å². The first-order valence-electron chi connectivity index (χ1n) is 5.50. The molecule has 0 saturated carbocycles. The van der Waals surface area contributed by atoms with E-state index in [1.165, 1.54) is 0 Å². The summed E-state index contributed by atoms with van der Waals surface area (Å²) in [6, 6.07) is 5.91. The minimum Gasteiger partial charge on any atom is -0.477 e. The fourth-order valence-electron chi connectivity index (χ4n) is 1.56. The van der Waals surface area contributed by atoms with Crippen molar-refractivity contribution in [3.63, 3.8) is 0 Å². The second-order valence-corrected chi connectivity index (χ2v) is 6.23. The molecule has 1 aromatic carbocycles. The Bertz CT molecular complexity index is 768. The SMILES string of the molecule is Cc1ccc(NS(=O)(=O)c2c[nH]c(C(=O)O)c2)c(Cl)c1. The van der Waals surface area contributed by atoms with E-state index in [-0.39, 0.29) is 21.3 Å². The zero-order valence-corrected chi connectivity index (χ0v) is 11.9. The lowest BCUT2D eigenvalue weighted by Gasteiger charge is -2.08. The second-order valence-electron chi connectivity index (χ2n) is 4.14. The van der Waals surface area contributed by atoms with Gasteiger partial charge in [-0.3, -0.25) is 4.72 Å². The Kier molecular flexibility index (Phi) is 3.74. The molecule has 2 aromatic rings. The zero-order chi connectivity index (χ0) is 14.9. The summed E-state index contributed by atoms with van der Waals surface area (Å²) in [7, 11) is -3.89. The number of benzene rings is 1. The Morgan fingerprint density at radius 3 is 2.60 bits per heavy atom. The smallest absolute Gasteiger partial charge is 0.352 e. The molecule has 0 radical (unpaired) electrons. The van der Waals surface area contributed by atoms with E-state index in [4.69, 9.17) is 16.7 Å². The van der Waals surface area contributed by atoms with Crippen LogP contribution in [0.1, 0.15) is 16.1 Å². The Morgan fingerprint density at radius 2 is 2.05 bits per heavy atom. The van der Waals surface area contributed by atoms with Gasteiger partial charge in [0.1, 0.15) is 10.6 Å². The standard InChI is InChI=1S/C12H11ClN2O4S/c1-7-2-3-10(9(13)4-7)15-20(18,19)8-5-11(12(16)17)14-6-8/h2-6,14-15H,1H3,(H,16,17). The van der Waals surface area contributed by atoms with Crippen molar-refractivity contribution >= 4 is 33.3 Å². The van der Waals surface area contributed by atoms with Crippen LogP contribution in [0.4, 0.5) is 5.69 Å². The van der Waals surface area contributed by atoms with Gasteiger partial charge in [0.2, 0.25) is 0 Å². The van der Waals surface area contributed by atoms with E-state index >= 15 is 0 Å². The molecule has 0 fully saturated rings. The molecule has 6 nitrogen and oxygen atoms in total. The highest BCUT2D eigenvalue weighted by Crippen LogP contribution is 2.25. The molecule has 0 atom stereocenters. The molecule has 1 aromatic heterocycles. The number of aromatic carboxylic acids is 1. The highest BCUT2D eigenvalue weighted by atomic mass is 35.5. The fraction of sp³-hybridized carbons (Fsp3) is 0.0833. The van der Waals surface area contributed by atoms with Crippen LogP contribution < -0.4 is 4.72 Å². The molecule has 8 heteroatoms. The monoisotopic (exact) mass is 314 g/mol. The predicted molar refractivity (Wildman–Crippen MR) is 74.7 cm³/mol. The molecule has 0 spiro atoms. The van der Waals surface area contributed by atoms with Crippen molar-refractivity contribution in [2.24, 2.45) is 0 Å². The molecule has 0 bridgehead atoms. The van der Waals surface area contributed by atoms with Crippen LogP contribution in [0.15, 0.2) is 35.4 Å². The summed E-state index contributed by atoms with van der Waals surface area (Å²) >= 11 is 5.95. The highest BCUT2D eigenvalue weighted by Gasteiger charge is 2.19. The average Bonchev–Trinajstić information content (AvgIpc) is 2.83. The average molecular weight is 315 g/mol. The van der Waals surface area contributed by atoms with Gasteiger partial charge in [0, 0.05) is 6.20 Å². The van der Waals surface area contributed by atoms with Gasteiger partial charge in [0.15, 0.2) is 0 Å². The Labute approximate surface area is 120 Å². The summed E-state index contributed by atoms with van der Waals surface area (Å²) in [5, 5.41) is 9.03. The maximum absolute atomic E-state index is 12.1. The van der Waals surface area contributed by atoms with Crippen LogP contribution in [0.2, 0.25) is 5.02 Å². The number of carboxylic acids is 1. The second kappa shape index (κ2) is 5.18. The van der Waals surface area contributed by atoms with Gasteiger partial charge < -0.3 is 10.1 Å².